The molecule has 33 heavy (non-hydrogen) atoms. The third-order valence-electron chi connectivity index (χ3n) is 6.15. The lowest BCUT2D eigenvalue weighted by atomic mass is 9.89. The van der Waals surface area contributed by atoms with E-state index in [4.69, 9.17) is 9.47 Å². The number of hydrogen-bond acceptors (Lipinski definition) is 5. The summed E-state index contributed by atoms with van der Waals surface area (Å²) in [5, 5.41) is 9.35. The van der Waals surface area contributed by atoms with Gasteiger partial charge in [-0.2, -0.15) is 0 Å². The third-order valence-corrected chi connectivity index (χ3v) is 6.15. The highest BCUT2D eigenvalue weighted by molar-refractivity contribution is 5.77. The fourth-order valence-electron chi connectivity index (χ4n) is 4.10. The third kappa shape index (κ3) is 7.36. The highest BCUT2D eigenvalue weighted by atomic mass is 16.6. The van der Waals surface area contributed by atoms with Crippen molar-refractivity contribution in [3.8, 4) is 5.75 Å². The molecule has 1 amide bonds. The molecule has 0 aliphatic carbocycles. The quantitative estimate of drug-likeness (QED) is 0.514. The number of aliphatic carboxylic acids is 1. The molecule has 1 fully saturated rings. The van der Waals surface area contributed by atoms with E-state index in [-0.39, 0.29) is 17.9 Å². The second-order valence-corrected chi connectivity index (χ2v) is 9.93. The molecule has 182 valence electrons. The number of carbonyl (C=O) groups excluding carboxylic acids is 2. The monoisotopic (exact) mass is 459 g/mol. The van der Waals surface area contributed by atoms with Crippen LogP contribution in [0.15, 0.2) is 18.2 Å². The smallest absolute Gasteiger partial charge is 0.409 e. The van der Waals surface area contributed by atoms with Gasteiger partial charge in [0.25, 0.3) is 0 Å². The van der Waals surface area contributed by atoms with Gasteiger partial charge >= 0.3 is 12.1 Å². The Balaban J connectivity index is 2.04. The van der Waals surface area contributed by atoms with E-state index in [1.54, 1.807) is 4.90 Å². The van der Waals surface area contributed by atoms with Gasteiger partial charge in [0.05, 0.1) is 6.61 Å². The van der Waals surface area contributed by atoms with Crippen LogP contribution in [0.5, 0.6) is 5.75 Å². The standard InChI is InChI=1S/C26H37NO6/c1-17(2)10-12-32-25(31)27-15-21(22(16-27)9-11-28)8-7-20-13-18(3)23(19(4)14-20)33-26(5,6)24(29)30/h9,13-14,17,21-22H,7-8,10,12,15-16H2,1-6H3,(H,29,30)/t21-,22-/m1/s1. The van der Waals surface area contributed by atoms with Crippen LogP contribution in [0.2, 0.25) is 0 Å². The molecule has 1 aliphatic heterocycles. The summed E-state index contributed by atoms with van der Waals surface area (Å²) in [6.07, 6.45) is 3.60. The highest BCUT2D eigenvalue weighted by Crippen LogP contribution is 2.32. The van der Waals surface area contributed by atoms with Crippen LogP contribution in [0.4, 0.5) is 4.79 Å². The molecule has 0 saturated carbocycles. The lowest BCUT2D eigenvalue weighted by Crippen LogP contribution is -2.38. The fourth-order valence-corrected chi connectivity index (χ4v) is 4.10. The minimum atomic E-state index is -1.32. The van der Waals surface area contributed by atoms with Crippen molar-refractivity contribution in [1.82, 2.24) is 4.90 Å². The fraction of sp³-hybridized carbons (Fsp3) is 0.615. The number of carboxylic acid groups (broad SMARTS) is 1. The number of benzene rings is 1. The summed E-state index contributed by atoms with van der Waals surface area (Å²) in [5.41, 5.74) is 1.55. The van der Waals surface area contributed by atoms with Gasteiger partial charge in [-0.05, 0) is 75.5 Å². The average molecular weight is 460 g/mol. The number of nitrogens with zero attached hydrogens (tertiary/aromatic N) is 1. The van der Waals surface area contributed by atoms with Crippen molar-refractivity contribution in [2.45, 2.75) is 66.4 Å². The zero-order valence-corrected chi connectivity index (χ0v) is 20.6. The van der Waals surface area contributed by atoms with Crippen LogP contribution in [-0.2, 0) is 20.7 Å². The van der Waals surface area contributed by atoms with Crippen LogP contribution in [0.25, 0.3) is 0 Å². The summed E-state index contributed by atoms with van der Waals surface area (Å²) in [5.74, 6) is 2.03. The Kier molecular flexibility index (Phi) is 9.12. The van der Waals surface area contributed by atoms with Gasteiger partial charge in [-0.3, -0.25) is 0 Å². The van der Waals surface area contributed by atoms with Crippen molar-refractivity contribution in [3.05, 3.63) is 34.9 Å². The zero-order chi connectivity index (χ0) is 24.8. The minimum absolute atomic E-state index is 0.0404. The molecule has 1 aromatic carbocycles. The Hall–Kier alpha value is -2.79. The molecule has 2 rings (SSSR count). The molecule has 7 nitrogen and oxygen atoms in total. The zero-order valence-electron chi connectivity index (χ0n) is 20.6. The first kappa shape index (κ1) is 26.5. The van der Waals surface area contributed by atoms with E-state index in [0.29, 0.717) is 31.4 Å². The van der Waals surface area contributed by atoms with Crippen molar-refractivity contribution >= 4 is 18.0 Å². The summed E-state index contributed by atoms with van der Waals surface area (Å²) in [6.45, 7) is 12.5. The van der Waals surface area contributed by atoms with Crippen LogP contribution in [0.1, 0.15) is 57.2 Å². The molecule has 2 atom stereocenters. The highest BCUT2D eigenvalue weighted by Gasteiger charge is 2.35. The summed E-state index contributed by atoms with van der Waals surface area (Å²) in [7, 11) is 0. The molecule has 1 heterocycles. The molecular weight excluding hydrogens is 422 g/mol. The van der Waals surface area contributed by atoms with Crippen molar-refractivity contribution in [1.29, 1.82) is 0 Å². The van der Waals surface area contributed by atoms with Gasteiger partial charge in [-0.25, -0.2) is 14.4 Å². The first-order valence-corrected chi connectivity index (χ1v) is 11.6. The summed E-state index contributed by atoms with van der Waals surface area (Å²) in [6, 6.07) is 4.02. The molecule has 0 unspecified atom stereocenters. The molecule has 0 aromatic heterocycles. The average Bonchev–Trinajstić information content (AvgIpc) is 3.12. The van der Waals surface area contributed by atoms with E-state index in [9.17, 15) is 19.5 Å². The number of rotatable bonds is 10. The Bertz CT molecular complexity index is 877. The Morgan fingerprint density at radius 3 is 2.42 bits per heavy atom. The van der Waals surface area contributed by atoms with Gasteiger partial charge in [0.1, 0.15) is 11.7 Å². The van der Waals surface area contributed by atoms with Gasteiger partial charge < -0.3 is 19.5 Å². The first-order valence-electron chi connectivity index (χ1n) is 11.6. The largest absolute Gasteiger partial charge is 0.478 e. The van der Waals surface area contributed by atoms with E-state index >= 15 is 0 Å². The van der Waals surface area contributed by atoms with Crippen LogP contribution < -0.4 is 4.74 Å². The summed E-state index contributed by atoms with van der Waals surface area (Å²) >= 11 is 0. The predicted molar refractivity (Wildman–Crippen MR) is 126 cm³/mol. The molecule has 0 bridgehead atoms. The number of amides is 1. The topological polar surface area (TPSA) is 93.1 Å². The van der Waals surface area contributed by atoms with E-state index in [0.717, 1.165) is 36.0 Å². The van der Waals surface area contributed by atoms with Crippen LogP contribution in [-0.4, -0.2) is 53.3 Å². The van der Waals surface area contributed by atoms with Gasteiger partial charge in [0.2, 0.25) is 0 Å². The predicted octanol–water partition coefficient (Wildman–Crippen LogP) is 4.60. The molecule has 1 N–H and O–H groups in total. The van der Waals surface area contributed by atoms with Gasteiger partial charge in [-0.1, -0.05) is 26.0 Å². The number of carbonyl (C=O) groups is 2. The Labute approximate surface area is 196 Å². The number of aryl methyl sites for hydroxylation is 3. The van der Waals surface area contributed by atoms with Crippen molar-refractivity contribution in [2.24, 2.45) is 17.8 Å². The van der Waals surface area contributed by atoms with E-state index < -0.39 is 11.6 Å². The molecule has 0 radical (unpaired) electrons. The lowest BCUT2D eigenvalue weighted by Gasteiger charge is -2.24. The number of hydrogen-bond donors (Lipinski definition) is 1. The lowest BCUT2D eigenvalue weighted by molar-refractivity contribution is -0.152. The van der Waals surface area contributed by atoms with Crippen molar-refractivity contribution in [3.63, 3.8) is 0 Å². The van der Waals surface area contributed by atoms with Crippen molar-refractivity contribution in [2.75, 3.05) is 19.7 Å². The normalized spacial score (nSPS) is 18.2. The Morgan fingerprint density at radius 1 is 1.24 bits per heavy atom. The van der Waals surface area contributed by atoms with Gasteiger partial charge in [0.15, 0.2) is 5.60 Å². The number of ether oxygens (including phenoxy) is 2. The number of likely N-dealkylation sites (tertiary alicyclic amines) is 1. The molecule has 0 spiro atoms. The second-order valence-electron chi connectivity index (χ2n) is 9.93. The summed E-state index contributed by atoms with van der Waals surface area (Å²) in [4.78, 5) is 36.5. The van der Waals surface area contributed by atoms with Crippen LogP contribution in [0.3, 0.4) is 0 Å². The van der Waals surface area contributed by atoms with Gasteiger partial charge in [0, 0.05) is 25.1 Å². The maximum absolute atomic E-state index is 12.4. The maximum Gasteiger partial charge on any atom is 0.409 e. The second kappa shape index (κ2) is 11.4. The number of carboxylic acids is 1. The summed E-state index contributed by atoms with van der Waals surface area (Å²) < 4.78 is 11.2. The Morgan fingerprint density at radius 2 is 1.88 bits per heavy atom. The minimum Gasteiger partial charge on any atom is -0.478 e. The van der Waals surface area contributed by atoms with Crippen LogP contribution in [0, 0.1) is 31.6 Å². The van der Waals surface area contributed by atoms with E-state index in [1.165, 1.54) is 19.9 Å². The molecule has 1 saturated heterocycles. The maximum atomic E-state index is 12.4. The first-order chi connectivity index (χ1) is 15.4. The molecular formula is C26H37NO6. The molecule has 7 heteroatoms. The van der Waals surface area contributed by atoms with Crippen LogP contribution >= 0.6 is 0 Å². The van der Waals surface area contributed by atoms with E-state index in [1.807, 2.05) is 31.9 Å². The van der Waals surface area contributed by atoms with Gasteiger partial charge in [-0.15, -0.1) is 0 Å². The van der Waals surface area contributed by atoms with Crippen molar-refractivity contribution < 1.29 is 29.0 Å². The molecule has 1 aromatic rings. The molecule has 1 aliphatic rings. The van der Waals surface area contributed by atoms with E-state index in [2.05, 4.69) is 13.8 Å². The SMILES string of the molecule is Cc1cc(CC[C@@H]2CN(C(=O)OCCC(C)C)C[C@H]2C=C=O)cc(C)c1OC(C)(C)C(=O)O.